The van der Waals surface area contributed by atoms with E-state index in [1.807, 2.05) is 6.92 Å². The number of hydrogen-bond acceptors (Lipinski definition) is 4. The van der Waals surface area contributed by atoms with Crippen LogP contribution in [0.25, 0.3) is 0 Å². The van der Waals surface area contributed by atoms with Gasteiger partial charge in [0.25, 0.3) is 0 Å². The lowest BCUT2D eigenvalue weighted by molar-refractivity contribution is -0.172. The molecule has 3 saturated carbocycles. The molecule has 0 aromatic carbocycles. The van der Waals surface area contributed by atoms with E-state index in [-0.39, 0.29) is 30.8 Å². The number of allylic oxidation sites excluding steroid dienone is 4. The van der Waals surface area contributed by atoms with E-state index < -0.39 is 58.4 Å². The molecule has 0 aromatic heterocycles. The second-order valence-corrected chi connectivity index (χ2v) is 10.0. The van der Waals surface area contributed by atoms with Crippen LogP contribution in [0.2, 0.25) is 0 Å². The number of aliphatic hydroxyl groups excluding tert-OH is 1. The molecule has 0 heterocycles. The number of alkyl halides is 2. The molecular formula is C23H29F3O4. The molecule has 0 aromatic rings. The summed E-state index contributed by atoms with van der Waals surface area (Å²) in [5, 5.41) is 9.43. The number of aliphatic hydroxyl groups is 1. The van der Waals surface area contributed by atoms with Crippen molar-refractivity contribution in [2.45, 2.75) is 83.3 Å². The summed E-state index contributed by atoms with van der Waals surface area (Å²) < 4.78 is 52.1. The number of esters is 1. The Hall–Kier alpha value is -1.63. The summed E-state index contributed by atoms with van der Waals surface area (Å²) in [6.45, 7) is 4.98. The van der Waals surface area contributed by atoms with Crippen molar-refractivity contribution < 1.29 is 32.6 Å². The number of carbonyl (C=O) groups excluding carboxylic acids is 2. The highest BCUT2D eigenvalue weighted by atomic mass is 19.2. The molecule has 4 rings (SSSR count). The molecule has 1 N–H and O–H groups in total. The Morgan fingerprint density at radius 3 is 2.67 bits per heavy atom. The quantitative estimate of drug-likeness (QED) is 0.683. The average Bonchev–Trinajstić information content (AvgIpc) is 2.96. The lowest BCUT2D eigenvalue weighted by Gasteiger charge is -2.60. The number of hydrogen-bond donors (Lipinski definition) is 1. The molecule has 3 fully saturated rings. The molecule has 0 saturated heterocycles. The Bertz CT molecular complexity index is 836. The van der Waals surface area contributed by atoms with E-state index in [2.05, 4.69) is 0 Å². The highest BCUT2D eigenvalue weighted by molar-refractivity contribution is 6.04. The first kappa shape index (κ1) is 21.6. The van der Waals surface area contributed by atoms with Crippen molar-refractivity contribution in [3.8, 4) is 0 Å². The summed E-state index contributed by atoms with van der Waals surface area (Å²) in [5.74, 6) is -3.43. The summed E-state index contributed by atoms with van der Waals surface area (Å²) in [6, 6.07) is 0. The van der Waals surface area contributed by atoms with E-state index in [1.165, 1.54) is 19.9 Å². The first-order chi connectivity index (χ1) is 13.9. The highest BCUT2D eigenvalue weighted by Crippen LogP contribution is 2.68. The molecule has 30 heavy (non-hydrogen) atoms. The van der Waals surface area contributed by atoms with Gasteiger partial charge in [-0.3, -0.25) is 9.59 Å². The van der Waals surface area contributed by atoms with Gasteiger partial charge in [0.2, 0.25) is 5.78 Å². The molecule has 4 aliphatic rings. The monoisotopic (exact) mass is 426 g/mol. The third-order valence-corrected chi connectivity index (χ3v) is 8.38. The summed E-state index contributed by atoms with van der Waals surface area (Å²) in [4.78, 5) is 23.9. The van der Waals surface area contributed by atoms with Gasteiger partial charge in [0.05, 0.1) is 12.5 Å². The number of carbonyl (C=O) groups is 2. The summed E-state index contributed by atoms with van der Waals surface area (Å²) in [6.07, 6.45) is 0.786. The van der Waals surface area contributed by atoms with Gasteiger partial charge in [-0.05, 0) is 57.9 Å². The van der Waals surface area contributed by atoms with Crippen molar-refractivity contribution in [3.63, 3.8) is 0 Å². The first-order valence-corrected chi connectivity index (χ1v) is 10.8. The molecule has 7 heteroatoms. The van der Waals surface area contributed by atoms with Gasteiger partial charge in [0.15, 0.2) is 5.83 Å². The second kappa shape index (κ2) is 6.94. The Balaban J connectivity index is 1.66. The van der Waals surface area contributed by atoms with Crippen LogP contribution in [0.1, 0.15) is 59.3 Å². The van der Waals surface area contributed by atoms with Gasteiger partial charge in [0, 0.05) is 22.3 Å². The molecule has 1 unspecified atom stereocenters. The van der Waals surface area contributed by atoms with Crippen molar-refractivity contribution >= 4 is 11.8 Å². The standard InChI is InChI=1S/C23H29F3O4/c1-12(27)10-18(29)30-17-5-4-13-14-11-15(24)19-20(25)16(28)6-7-22(19,3)23(14,26)9-8-21(13,17)2/h6-7,12-15,17,27H,4-5,8-11H2,1-3H3/t12?,13-,14-,15-,17+,21-,22-,23+/m0/s1. The zero-order valence-corrected chi connectivity index (χ0v) is 17.6. The van der Waals surface area contributed by atoms with E-state index in [1.54, 1.807) is 0 Å². The SMILES string of the molecule is CC(O)CC(=O)O[C@@H]1CC[C@H]2[C@@H]3C[C@H](F)C4=C(F)C(=O)C=C[C@]4(C)[C@@]3(F)CC[C@]12C. The van der Waals surface area contributed by atoms with Crippen LogP contribution in [0.15, 0.2) is 23.6 Å². The van der Waals surface area contributed by atoms with Crippen molar-refractivity contribution in [2.24, 2.45) is 22.7 Å². The van der Waals surface area contributed by atoms with Gasteiger partial charge < -0.3 is 9.84 Å². The van der Waals surface area contributed by atoms with Gasteiger partial charge in [-0.15, -0.1) is 0 Å². The van der Waals surface area contributed by atoms with Crippen molar-refractivity contribution in [2.75, 3.05) is 0 Å². The summed E-state index contributed by atoms with van der Waals surface area (Å²) in [5.41, 5.74) is -4.23. The lowest BCUT2D eigenvalue weighted by atomic mass is 9.46. The smallest absolute Gasteiger partial charge is 0.308 e. The van der Waals surface area contributed by atoms with Gasteiger partial charge >= 0.3 is 5.97 Å². The van der Waals surface area contributed by atoms with Crippen LogP contribution < -0.4 is 0 Å². The minimum absolute atomic E-state index is 0.0770. The summed E-state index contributed by atoms with van der Waals surface area (Å²) in [7, 11) is 0. The van der Waals surface area contributed by atoms with Gasteiger partial charge in [0.1, 0.15) is 17.9 Å². The Morgan fingerprint density at radius 1 is 1.30 bits per heavy atom. The molecule has 0 aliphatic heterocycles. The van der Waals surface area contributed by atoms with E-state index in [4.69, 9.17) is 4.74 Å². The predicted octanol–water partition coefficient (Wildman–Crippen LogP) is 4.31. The molecule has 4 nitrogen and oxygen atoms in total. The molecule has 4 aliphatic carbocycles. The van der Waals surface area contributed by atoms with Crippen molar-refractivity contribution in [1.82, 2.24) is 0 Å². The van der Waals surface area contributed by atoms with Gasteiger partial charge in [-0.1, -0.05) is 13.0 Å². The maximum Gasteiger partial charge on any atom is 0.308 e. The normalized spacial score (nSPS) is 46.2. The third-order valence-electron chi connectivity index (χ3n) is 8.38. The maximum absolute atomic E-state index is 16.7. The van der Waals surface area contributed by atoms with Crippen LogP contribution in [0.5, 0.6) is 0 Å². The molecule has 0 spiro atoms. The number of fused-ring (bicyclic) bond motifs is 5. The average molecular weight is 426 g/mol. The topological polar surface area (TPSA) is 63.6 Å². The number of ketones is 1. The molecular weight excluding hydrogens is 397 g/mol. The largest absolute Gasteiger partial charge is 0.462 e. The second-order valence-electron chi connectivity index (χ2n) is 10.0. The van der Waals surface area contributed by atoms with Crippen molar-refractivity contribution in [3.05, 3.63) is 23.6 Å². The maximum atomic E-state index is 16.7. The van der Waals surface area contributed by atoms with Crippen molar-refractivity contribution in [1.29, 1.82) is 0 Å². The van der Waals surface area contributed by atoms with Gasteiger partial charge in [-0.2, -0.15) is 0 Å². The van der Waals surface area contributed by atoms with Crippen LogP contribution in [-0.4, -0.2) is 40.9 Å². The molecule has 0 amide bonds. The number of ether oxygens (including phenoxy) is 1. The lowest BCUT2D eigenvalue weighted by Crippen LogP contribution is -2.62. The fourth-order valence-electron chi connectivity index (χ4n) is 6.76. The van der Waals surface area contributed by atoms with E-state index in [9.17, 15) is 19.1 Å². The van der Waals surface area contributed by atoms with Gasteiger partial charge in [-0.25, -0.2) is 13.2 Å². The first-order valence-electron chi connectivity index (χ1n) is 10.8. The highest BCUT2D eigenvalue weighted by Gasteiger charge is 2.69. The minimum atomic E-state index is -1.87. The van der Waals surface area contributed by atoms with E-state index in [0.717, 1.165) is 6.08 Å². The zero-order chi connectivity index (χ0) is 22.1. The zero-order valence-electron chi connectivity index (χ0n) is 17.6. The molecule has 166 valence electrons. The fourth-order valence-corrected chi connectivity index (χ4v) is 6.76. The molecule has 0 bridgehead atoms. The molecule has 8 atom stereocenters. The van der Waals surface area contributed by atoms with E-state index >= 15 is 8.78 Å². The van der Waals surface area contributed by atoms with Crippen LogP contribution in [-0.2, 0) is 14.3 Å². The Morgan fingerprint density at radius 2 is 2.00 bits per heavy atom. The number of rotatable bonds is 3. The van der Waals surface area contributed by atoms with Crippen LogP contribution >= 0.6 is 0 Å². The van der Waals surface area contributed by atoms with E-state index in [0.29, 0.717) is 19.3 Å². The summed E-state index contributed by atoms with van der Waals surface area (Å²) >= 11 is 0. The van der Waals surface area contributed by atoms with Crippen LogP contribution in [0.3, 0.4) is 0 Å². The minimum Gasteiger partial charge on any atom is -0.462 e. The predicted molar refractivity (Wildman–Crippen MR) is 103 cm³/mol. The Labute approximate surface area is 174 Å². The number of halogens is 3. The third kappa shape index (κ3) is 2.84. The fraction of sp³-hybridized carbons (Fsp3) is 0.739. The Kier molecular flexibility index (Phi) is 5.00. The van der Waals surface area contributed by atoms with Crippen LogP contribution in [0.4, 0.5) is 13.2 Å². The van der Waals surface area contributed by atoms with Crippen LogP contribution in [0, 0.1) is 22.7 Å². The molecule has 0 radical (unpaired) electrons.